The second kappa shape index (κ2) is 8.27. The van der Waals surface area contributed by atoms with Crippen molar-refractivity contribution < 1.29 is 9.59 Å². The fourth-order valence-electron chi connectivity index (χ4n) is 3.38. The molecule has 0 unspecified atom stereocenters. The fourth-order valence-corrected chi connectivity index (χ4v) is 4.31. The number of nitrogens with one attached hydrogen (secondary N) is 1. The van der Waals surface area contributed by atoms with Crippen LogP contribution in [0.15, 0.2) is 12.3 Å². The van der Waals surface area contributed by atoms with E-state index in [0.717, 1.165) is 22.1 Å². The first-order valence-electron chi connectivity index (χ1n) is 9.82. The number of primary amides is 1. The lowest BCUT2D eigenvalue weighted by molar-refractivity contribution is -0.121. The molecule has 0 saturated carbocycles. The van der Waals surface area contributed by atoms with Gasteiger partial charge in [0.2, 0.25) is 5.91 Å². The predicted molar refractivity (Wildman–Crippen MR) is 117 cm³/mol. The van der Waals surface area contributed by atoms with E-state index in [1.54, 1.807) is 6.20 Å². The zero-order valence-corrected chi connectivity index (χ0v) is 19.1. The summed E-state index contributed by atoms with van der Waals surface area (Å²) < 4.78 is 0. The van der Waals surface area contributed by atoms with Gasteiger partial charge in [0.15, 0.2) is 5.13 Å². The van der Waals surface area contributed by atoms with E-state index < -0.39 is 11.9 Å². The summed E-state index contributed by atoms with van der Waals surface area (Å²) in [6.07, 6.45) is 2.26. The van der Waals surface area contributed by atoms with Crippen LogP contribution in [0.2, 0.25) is 0 Å². The van der Waals surface area contributed by atoms with Gasteiger partial charge in [-0.15, -0.1) is 0 Å². The maximum Gasteiger partial charge on any atom is 0.324 e. The lowest BCUT2D eigenvalue weighted by Crippen LogP contribution is -2.45. The van der Waals surface area contributed by atoms with E-state index >= 15 is 0 Å². The number of aryl methyl sites for hydroxylation is 1. The van der Waals surface area contributed by atoms with Gasteiger partial charge in [0, 0.05) is 24.2 Å². The predicted octanol–water partition coefficient (Wildman–Crippen LogP) is 2.23. The van der Waals surface area contributed by atoms with Crippen molar-refractivity contribution in [2.45, 2.75) is 51.6 Å². The summed E-state index contributed by atoms with van der Waals surface area (Å²) in [4.78, 5) is 42.6. The summed E-state index contributed by atoms with van der Waals surface area (Å²) >= 11 is 1.35. The van der Waals surface area contributed by atoms with Gasteiger partial charge in [-0.2, -0.15) is 0 Å². The molecule has 1 saturated heterocycles. The van der Waals surface area contributed by atoms with Gasteiger partial charge in [-0.25, -0.2) is 19.7 Å². The second-order valence-corrected chi connectivity index (χ2v) is 9.80. The van der Waals surface area contributed by atoms with E-state index in [9.17, 15) is 9.59 Å². The van der Waals surface area contributed by atoms with Crippen molar-refractivity contribution in [3.8, 4) is 10.6 Å². The summed E-state index contributed by atoms with van der Waals surface area (Å²) in [6.45, 7) is 8.49. The van der Waals surface area contributed by atoms with Gasteiger partial charge in [-0.3, -0.25) is 10.1 Å². The molecule has 10 heteroatoms. The highest BCUT2D eigenvalue weighted by Crippen LogP contribution is 2.33. The molecule has 2 aromatic rings. The molecule has 30 heavy (non-hydrogen) atoms. The molecule has 0 spiro atoms. The molecule has 3 rings (SSSR count). The van der Waals surface area contributed by atoms with Gasteiger partial charge in [0.1, 0.15) is 11.9 Å². The third-order valence-electron chi connectivity index (χ3n) is 5.17. The molecular formula is C20H29N7O2S. The first-order chi connectivity index (χ1) is 14.0. The first kappa shape index (κ1) is 22.1. The molecule has 3 heterocycles. The van der Waals surface area contributed by atoms with E-state index in [1.807, 2.05) is 32.0 Å². The Bertz CT molecular complexity index is 951. The number of hydrogen-bond donors (Lipinski definition) is 2. The lowest BCUT2D eigenvalue weighted by Gasteiger charge is -2.22. The van der Waals surface area contributed by atoms with Crippen molar-refractivity contribution in [2.24, 2.45) is 5.73 Å². The number of aromatic nitrogens is 3. The molecule has 1 aliphatic heterocycles. The van der Waals surface area contributed by atoms with E-state index in [-0.39, 0.29) is 17.5 Å². The zero-order valence-electron chi connectivity index (χ0n) is 18.3. The molecule has 0 aliphatic carbocycles. The normalized spacial score (nSPS) is 19.4. The number of amides is 3. The highest BCUT2D eigenvalue weighted by atomic mass is 32.1. The van der Waals surface area contributed by atoms with Gasteiger partial charge >= 0.3 is 6.03 Å². The Morgan fingerprint density at radius 2 is 2.00 bits per heavy atom. The number of likely N-dealkylation sites (N-methyl/N-ethyl adjacent to an activating group) is 1. The van der Waals surface area contributed by atoms with Crippen LogP contribution in [0.5, 0.6) is 0 Å². The smallest absolute Gasteiger partial charge is 0.324 e. The second-order valence-electron chi connectivity index (χ2n) is 8.80. The molecule has 0 aromatic carbocycles. The average Bonchev–Trinajstić information content (AvgIpc) is 3.25. The number of anilines is 1. The molecule has 1 fully saturated rings. The molecule has 0 bridgehead atoms. The van der Waals surface area contributed by atoms with Crippen LogP contribution in [-0.4, -0.2) is 69.4 Å². The summed E-state index contributed by atoms with van der Waals surface area (Å²) in [5.74, 6) is 0.246. The van der Waals surface area contributed by atoms with Crippen molar-refractivity contribution in [3.63, 3.8) is 0 Å². The molecule has 3 N–H and O–H groups in total. The van der Waals surface area contributed by atoms with Crippen LogP contribution in [-0.2, 0) is 10.2 Å². The number of nitrogens with two attached hydrogens (primary N) is 1. The summed E-state index contributed by atoms with van der Waals surface area (Å²) in [5.41, 5.74) is 6.90. The lowest BCUT2D eigenvalue weighted by atomic mass is 9.95. The summed E-state index contributed by atoms with van der Waals surface area (Å²) in [7, 11) is 3.85. The van der Waals surface area contributed by atoms with E-state index in [2.05, 4.69) is 41.0 Å². The van der Waals surface area contributed by atoms with E-state index in [0.29, 0.717) is 18.1 Å². The molecule has 9 nitrogen and oxygen atoms in total. The van der Waals surface area contributed by atoms with Crippen LogP contribution in [0.4, 0.5) is 9.93 Å². The number of carbonyl (C=O) groups excluding carboxylic acids is 2. The van der Waals surface area contributed by atoms with Crippen LogP contribution >= 0.6 is 11.3 Å². The number of thiazole rings is 1. The molecular weight excluding hydrogens is 402 g/mol. The maximum absolute atomic E-state index is 12.9. The fraction of sp³-hybridized carbons (Fsp3) is 0.550. The van der Waals surface area contributed by atoms with Crippen molar-refractivity contribution >= 4 is 28.4 Å². The van der Waals surface area contributed by atoms with Gasteiger partial charge in [0.25, 0.3) is 0 Å². The number of nitrogens with zero attached hydrogens (tertiary/aromatic N) is 5. The van der Waals surface area contributed by atoms with E-state index in [4.69, 9.17) is 5.73 Å². The van der Waals surface area contributed by atoms with Crippen LogP contribution in [0.3, 0.4) is 0 Å². The van der Waals surface area contributed by atoms with Crippen molar-refractivity contribution in [1.29, 1.82) is 0 Å². The van der Waals surface area contributed by atoms with Crippen molar-refractivity contribution in [1.82, 2.24) is 24.8 Å². The Kier molecular flexibility index (Phi) is 6.09. The summed E-state index contributed by atoms with van der Waals surface area (Å²) in [6, 6.07) is 0.918. The monoisotopic (exact) mass is 431 g/mol. The van der Waals surface area contributed by atoms with Gasteiger partial charge < -0.3 is 15.5 Å². The Morgan fingerprint density at radius 3 is 2.60 bits per heavy atom. The third kappa shape index (κ3) is 4.59. The van der Waals surface area contributed by atoms with Crippen LogP contribution < -0.4 is 11.1 Å². The Labute approximate surface area is 180 Å². The molecule has 2 aromatic heterocycles. The van der Waals surface area contributed by atoms with E-state index in [1.165, 1.54) is 16.2 Å². The number of carbonyl (C=O) groups is 2. The maximum atomic E-state index is 12.9. The minimum atomic E-state index is -0.630. The Morgan fingerprint density at radius 1 is 1.30 bits per heavy atom. The molecule has 162 valence electrons. The van der Waals surface area contributed by atoms with Gasteiger partial charge in [-0.1, -0.05) is 32.1 Å². The first-order valence-corrected chi connectivity index (χ1v) is 10.6. The average molecular weight is 432 g/mol. The molecule has 0 radical (unpaired) electrons. The van der Waals surface area contributed by atoms with Crippen molar-refractivity contribution in [2.75, 3.05) is 26.0 Å². The number of rotatable bonds is 4. The van der Waals surface area contributed by atoms with Crippen molar-refractivity contribution in [3.05, 3.63) is 23.8 Å². The molecule has 2 atom stereocenters. The number of likely N-dealkylation sites (tertiary alicyclic amines) is 1. The minimum Gasteiger partial charge on any atom is -0.368 e. The van der Waals surface area contributed by atoms with Crippen LogP contribution in [0.25, 0.3) is 10.6 Å². The highest BCUT2D eigenvalue weighted by Gasteiger charge is 2.39. The highest BCUT2D eigenvalue weighted by molar-refractivity contribution is 7.19. The SMILES string of the molecule is Cc1nc(NC(=O)N2C[C@H](N(C)C)C[C@H]2C(N)=O)sc1-c1ccnc(C(C)(C)C)n1. The van der Waals surface area contributed by atoms with Gasteiger partial charge in [0.05, 0.1) is 16.3 Å². The Hall–Kier alpha value is -2.59. The quantitative estimate of drug-likeness (QED) is 0.767. The minimum absolute atomic E-state index is 0.0821. The van der Waals surface area contributed by atoms with Crippen LogP contribution in [0.1, 0.15) is 38.7 Å². The molecule has 1 aliphatic rings. The topological polar surface area (TPSA) is 117 Å². The third-order valence-corrected chi connectivity index (χ3v) is 6.26. The molecule has 3 amide bonds. The number of urea groups is 1. The number of hydrogen-bond acceptors (Lipinski definition) is 7. The Balaban J connectivity index is 1.81. The standard InChI is InChI=1S/C20H29N7O2S/c1-11-15(13-7-8-22-17(24-13)20(2,3)4)30-18(23-11)25-19(29)27-10-12(26(5)6)9-14(27)16(21)28/h7-8,12,14H,9-10H2,1-6H3,(H2,21,28)(H,23,25,29)/t12-,14+/m1/s1. The summed E-state index contributed by atoms with van der Waals surface area (Å²) in [5, 5.41) is 3.29. The van der Waals surface area contributed by atoms with Gasteiger partial charge in [-0.05, 0) is 33.5 Å². The van der Waals surface area contributed by atoms with Crippen LogP contribution in [0, 0.1) is 6.92 Å². The largest absolute Gasteiger partial charge is 0.368 e. The zero-order chi connectivity index (χ0) is 22.2.